The molecule has 148 valence electrons. The van der Waals surface area contributed by atoms with Gasteiger partial charge in [0.05, 0.1) is 22.9 Å². The van der Waals surface area contributed by atoms with E-state index in [1.54, 1.807) is 37.3 Å². The van der Waals surface area contributed by atoms with E-state index in [-0.39, 0.29) is 30.3 Å². The summed E-state index contributed by atoms with van der Waals surface area (Å²) in [5.41, 5.74) is 1.44. The molecule has 3 aromatic rings. The molecule has 0 saturated heterocycles. The first-order valence-corrected chi connectivity index (χ1v) is 9.76. The fourth-order valence-corrected chi connectivity index (χ4v) is 3.38. The van der Waals surface area contributed by atoms with Gasteiger partial charge in [-0.2, -0.15) is 0 Å². The maximum Gasteiger partial charge on any atom is 0.265 e. The van der Waals surface area contributed by atoms with E-state index in [4.69, 9.17) is 4.74 Å². The number of nitrogens with one attached hydrogen (secondary N) is 2. The minimum atomic E-state index is -0.558. The van der Waals surface area contributed by atoms with Crippen molar-refractivity contribution in [1.29, 1.82) is 0 Å². The van der Waals surface area contributed by atoms with E-state index in [9.17, 15) is 14.4 Å². The van der Waals surface area contributed by atoms with Crippen molar-refractivity contribution in [3.63, 3.8) is 0 Å². The zero-order valence-electron chi connectivity index (χ0n) is 15.4. The average Bonchev–Trinajstić information content (AvgIpc) is 2.69. The minimum absolute atomic E-state index is 0.0953. The molecule has 9 heteroatoms. The van der Waals surface area contributed by atoms with E-state index in [2.05, 4.69) is 31.5 Å². The molecule has 0 radical (unpaired) electrons. The Kier molecular flexibility index (Phi) is 5.06. The number of carbonyl (C=O) groups is 2. The van der Waals surface area contributed by atoms with E-state index < -0.39 is 6.10 Å². The molecule has 2 amide bonds. The number of amides is 2. The highest BCUT2D eigenvalue weighted by atomic mass is 79.9. The van der Waals surface area contributed by atoms with Gasteiger partial charge in [-0.25, -0.2) is 4.98 Å². The number of halogens is 1. The Balaban J connectivity index is 1.44. The number of rotatable bonds is 4. The molecule has 0 saturated carbocycles. The van der Waals surface area contributed by atoms with Crippen molar-refractivity contribution in [2.24, 2.45) is 0 Å². The van der Waals surface area contributed by atoms with Crippen LogP contribution in [0.4, 0.5) is 11.4 Å². The fourth-order valence-electron chi connectivity index (χ4n) is 3.02. The van der Waals surface area contributed by atoms with E-state index >= 15 is 0 Å². The first kappa shape index (κ1) is 19.1. The molecule has 0 unspecified atom stereocenters. The molecule has 29 heavy (non-hydrogen) atoms. The lowest BCUT2D eigenvalue weighted by Crippen LogP contribution is -2.34. The molecule has 8 nitrogen and oxygen atoms in total. The van der Waals surface area contributed by atoms with Gasteiger partial charge < -0.3 is 15.4 Å². The van der Waals surface area contributed by atoms with E-state index in [0.29, 0.717) is 28.0 Å². The lowest BCUT2D eigenvalue weighted by molar-refractivity contribution is -0.122. The van der Waals surface area contributed by atoms with Crippen LogP contribution in [-0.4, -0.2) is 27.5 Å². The number of ether oxygens (including phenoxy) is 1. The van der Waals surface area contributed by atoms with Crippen LogP contribution in [0.15, 0.2) is 52.0 Å². The Hall–Kier alpha value is -3.20. The summed E-state index contributed by atoms with van der Waals surface area (Å²) in [5.74, 6) is 0.0495. The SMILES string of the molecule is C[C@H]1Oc2ccc(NC(=O)CCn3cnc4ccc(Br)cc4c3=O)cc2NC1=O. The van der Waals surface area contributed by atoms with E-state index in [0.717, 1.165) is 4.47 Å². The molecule has 4 rings (SSSR count). The Bertz CT molecular complexity index is 1190. The van der Waals surface area contributed by atoms with Crippen LogP contribution < -0.4 is 20.9 Å². The molecule has 1 aliphatic heterocycles. The quantitative estimate of drug-likeness (QED) is 0.628. The third kappa shape index (κ3) is 4.00. The van der Waals surface area contributed by atoms with Crippen LogP contribution in [0.1, 0.15) is 13.3 Å². The largest absolute Gasteiger partial charge is 0.479 e. The van der Waals surface area contributed by atoms with E-state index in [1.807, 2.05) is 6.07 Å². The molecule has 0 fully saturated rings. The Morgan fingerprint density at radius 3 is 2.93 bits per heavy atom. The second-order valence-corrected chi connectivity index (χ2v) is 7.58. The third-order valence-corrected chi connectivity index (χ3v) is 5.05. The van der Waals surface area contributed by atoms with E-state index in [1.165, 1.54) is 10.9 Å². The molecule has 2 heterocycles. The number of benzene rings is 2. The van der Waals surface area contributed by atoms with Gasteiger partial charge >= 0.3 is 0 Å². The number of anilines is 2. The standard InChI is InChI=1S/C20H17BrN4O4/c1-11-19(27)24-16-9-13(3-5-17(16)29-11)23-18(26)6-7-25-10-22-15-4-2-12(21)8-14(15)20(25)28/h2-5,8-11H,6-7H2,1H3,(H,23,26)(H,24,27)/t11-/m1/s1. The van der Waals surface area contributed by atoms with Crippen molar-refractivity contribution >= 4 is 50.0 Å². The summed E-state index contributed by atoms with van der Waals surface area (Å²) in [4.78, 5) is 40.9. The van der Waals surface area contributed by atoms with Gasteiger partial charge in [0.25, 0.3) is 11.5 Å². The Labute approximate surface area is 174 Å². The first-order chi connectivity index (χ1) is 13.9. The summed E-state index contributed by atoms with van der Waals surface area (Å²) in [6.45, 7) is 1.86. The van der Waals surface area contributed by atoms with Gasteiger partial charge in [-0.1, -0.05) is 15.9 Å². The molecule has 0 bridgehead atoms. The lowest BCUT2D eigenvalue weighted by Gasteiger charge is -2.23. The number of aromatic nitrogens is 2. The number of hydrogen-bond acceptors (Lipinski definition) is 5. The highest BCUT2D eigenvalue weighted by Crippen LogP contribution is 2.32. The normalized spacial score (nSPS) is 15.4. The highest BCUT2D eigenvalue weighted by molar-refractivity contribution is 9.10. The smallest absolute Gasteiger partial charge is 0.265 e. The van der Waals surface area contributed by atoms with Crippen molar-refractivity contribution in [2.45, 2.75) is 26.0 Å². The number of aryl methyl sites for hydroxylation is 1. The van der Waals surface area contributed by atoms with Gasteiger partial charge in [-0.05, 0) is 43.3 Å². The highest BCUT2D eigenvalue weighted by Gasteiger charge is 2.23. The summed E-state index contributed by atoms with van der Waals surface area (Å²) in [6, 6.07) is 10.3. The molecule has 1 aliphatic rings. The van der Waals surface area contributed by atoms with Gasteiger partial charge in [0.15, 0.2) is 6.10 Å². The molecular weight excluding hydrogens is 440 g/mol. The monoisotopic (exact) mass is 456 g/mol. The fraction of sp³-hybridized carbons (Fsp3) is 0.200. The molecule has 0 spiro atoms. The van der Waals surface area contributed by atoms with Gasteiger partial charge in [0.1, 0.15) is 5.75 Å². The molecule has 1 atom stereocenters. The van der Waals surface area contributed by atoms with Gasteiger partial charge in [-0.3, -0.25) is 19.0 Å². The topological polar surface area (TPSA) is 102 Å². The van der Waals surface area contributed by atoms with Crippen LogP contribution in [0.2, 0.25) is 0 Å². The van der Waals surface area contributed by atoms with Crippen molar-refractivity contribution in [2.75, 3.05) is 10.6 Å². The number of carbonyl (C=O) groups excluding carboxylic acids is 2. The van der Waals surface area contributed by atoms with Crippen molar-refractivity contribution in [1.82, 2.24) is 9.55 Å². The van der Waals surface area contributed by atoms with Crippen LogP contribution >= 0.6 is 15.9 Å². The predicted molar refractivity (Wildman–Crippen MR) is 112 cm³/mol. The zero-order chi connectivity index (χ0) is 20.5. The third-order valence-electron chi connectivity index (χ3n) is 4.56. The van der Waals surface area contributed by atoms with Gasteiger partial charge in [0.2, 0.25) is 5.91 Å². The maximum absolute atomic E-state index is 12.6. The molecule has 2 aromatic carbocycles. The zero-order valence-corrected chi connectivity index (χ0v) is 17.0. The summed E-state index contributed by atoms with van der Waals surface area (Å²) in [6.07, 6.45) is 0.981. The van der Waals surface area contributed by atoms with Crippen LogP contribution in [0, 0.1) is 0 Å². The van der Waals surface area contributed by atoms with Crippen molar-refractivity contribution in [3.8, 4) is 5.75 Å². The summed E-state index contributed by atoms with van der Waals surface area (Å²) < 4.78 is 7.70. The van der Waals surface area contributed by atoms with Crippen LogP contribution in [0.5, 0.6) is 5.75 Å². The minimum Gasteiger partial charge on any atom is -0.479 e. The lowest BCUT2D eigenvalue weighted by atomic mass is 10.2. The number of hydrogen-bond donors (Lipinski definition) is 2. The molecule has 0 aliphatic carbocycles. The van der Waals surface area contributed by atoms with Crippen LogP contribution in [0.25, 0.3) is 10.9 Å². The second-order valence-electron chi connectivity index (χ2n) is 6.66. The summed E-state index contributed by atoms with van der Waals surface area (Å²) >= 11 is 3.35. The van der Waals surface area contributed by atoms with Gasteiger partial charge in [-0.15, -0.1) is 0 Å². The molecule has 2 N–H and O–H groups in total. The van der Waals surface area contributed by atoms with Crippen LogP contribution in [-0.2, 0) is 16.1 Å². The van der Waals surface area contributed by atoms with Gasteiger partial charge in [0, 0.05) is 23.1 Å². The predicted octanol–water partition coefficient (Wildman–Crippen LogP) is 2.91. The maximum atomic E-state index is 12.6. The number of nitrogens with zero attached hydrogens (tertiary/aromatic N) is 2. The average molecular weight is 457 g/mol. The van der Waals surface area contributed by atoms with Crippen molar-refractivity contribution in [3.05, 3.63) is 57.6 Å². The molecule has 1 aromatic heterocycles. The second kappa shape index (κ2) is 7.67. The summed E-state index contributed by atoms with van der Waals surface area (Å²) in [7, 11) is 0. The molecular formula is C20H17BrN4O4. The number of fused-ring (bicyclic) bond motifs is 2. The van der Waals surface area contributed by atoms with Crippen LogP contribution in [0.3, 0.4) is 0 Å². The van der Waals surface area contributed by atoms with Crippen molar-refractivity contribution < 1.29 is 14.3 Å². The summed E-state index contributed by atoms with van der Waals surface area (Å²) in [5, 5.41) is 5.99. The Morgan fingerprint density at radius 1 is 1.28 bits per heavy atom. The Morgan fingerprint density at radius 2 is 2.10 bits per heavy atom. The first-order valence-electron chi connectivity index (χ1n) is 8.97.